The molecule has 0 aliphatic heterocycles. The molecule has 0 spiro atoms. The zero-order chi connectivity index (χ0) is 17.9. The van der Waals surface area contributed by atoms with Crippen LogP contribution in [0.15, 0.2) is 54.6 Å². The van der Waals surface area contributed by atoms with E-state index in [1.165, 1.54) is 11.3 Å². The summed E-state index contributed by atoms with van der Waals surface area (Å²) in [7, 11) is 2.07. The Hall–Kier alpha value is -2.49. The number of nitrogens with zero attached hydrogens (tertiary/aromatic N) is 1. The third-order valence-electron chi connectivity index (χ3n) is 4.00. The molecule has 0 aliphatic rings. The maximum Gasteiger partial charge on any atom is 0.220 e. The van der Waals surface area contributed by atoms with Crippen LogP contribution in [0.1, 0.15) is 24.8 Å². The number of anilines is 1. The van der Waals surface area contributed by atoms with Gasteiger partial charge in [0, 0.05) is 32.2 Å². The zero-order valence-corrected chi connectivity index (χ0v) is 15.2. The lowest BCUT2D eigenvalue weighted by Crippen LogP contribution is -2.28. The van der Waals surface area contributed by atoms with Crippen LogP contribution in [-0.2, 0) is 4.79 Å². The minimum atomic E-state index is 0.0928. The molecule has 0 fully saturated rings. The van der Waals surface area contributed by atoms with E-state index in [2.05, 4.69) is 29.4 Å². The average molecular weight is 340 g/mol. The van der Waals surface area contributed by atoms with Crippen LogP contribution in [0.3, 0.4) is 0 Å². The number of amides is 1. The van der Waals surface area contributed by atoms with E-state index < -0.39 is 0 Å². The number of ether oxygens (including phenoxy) is 1. The lowest BCUT2D eigenvalue weighted by atomic mass is 10.2. The van der Waals surface area contributed by atoms with Gasteiger partial charge < -0.3 is 15.0 Å². The van der Waals surface area contributed by atoms with Crippen molar-refractivity contribution in [3.05, 3.63) is 60.2 Å². The van der Waals surface area contributed by atoms with Crippen molar-refractivity contribution in [3.63, 3.8) is 0 Å². The van der Waals surface area contributed by atoms with Crippen LogP contribution >= 0.6 is 0 Å². The molecular formula is C21H28N2O2. The highest BCUT2D eigenvalue weighted by Crippen LogP contribution is 2.13. The number of rotatable bonds is 10. The standard InChI is InChI=1S/C21H28N2O2/c1-18-9-6-12-20(17-18)25-16-7-13-21(24)22-14-8-15-23(2)19-10-4-3-5-11-19/h3-6,9-12,17H,7-8,13-16H2,1-2H3,(H,22,24). The molecule has 0 aromatic heterocycles. The summed E-state index contributed by atoms with van der Waals surface area (Å²) in [5.41, 5.74) is 2.37. The van der Waals surface area contributed by atoms with Crippen LogP contribution in [0, 0.1) is 6.92 Å². The van der Waals surface area contributed by atoms with Gasteiger partial charge in [-0.2, -0.15) is 0 Å². The van der Waals surface area contributed by atoms with Gasteiger partial charge >= 0.3 is 0 Å². The minimum absolute atomic E-state index is 0.0928. The van der Waals surface area contributed by atoms with Crippen molar-refractivity contribution >= 4 is 11.6 Å². The number of hydrogen-bond donors (Lipinski definition) is 1. The van der Waals surface area contributed by atoms with E-state index in [1.54, 1.807) is 0 Å². The summed E-state index contributed by atoms with van der Waals surface area (Å²) < 4.78 is 5.66. The Morgan fingerprint density at radius 1 is 1.08 bits per heavy atom. The van der Waals surface area contributed by atoms with Crippen LogP contribution in [0.25, 0.3) is 0 Å². The van der Waals surface area contributed by atoms with Gasteiger partial charge in [0.2, 0.25) is 5.91 Å². The highest BCUT2D eigenvalue weighted by Gasteiger charge is 2.03. The van der Waals surface area contributed by atoms with Crippen molar-refractivity contribution in [1.29, 1.82) is 0 Å². The average Bonchev–Trinajstić information content (AvgIpc) is 2.63. The third-order valence-corrected chi connectivity index (χ3v) is 4.00. The van der Waals surface area contributed by atoms with Crippen LogP contribution in [0.4, 0.5) is 5.69 Å². The zero-order valence-electron chi connectivity index (χ0n) is 15.2. The summed E-state index contributed by atoms with van der Waals surface area (Å²) in [5, 5.41) is 2.98. The predicted molar refractivity (Wildman–Crippen MR) is 103 cm³/mol. The van der Waals surface area contributed by atoms with Crippen molar-refractivity contribution < 1.29 is 9.53 Å². The van der Waals surface area contributed by atoms with Gasteiger partial charge in [-0.05, 0) is 49.6 Å². The van der Waals surface area contributed by atoms with E-state index in [1.807, 2.05) is 49.4 Å². The predicted octanol–water partition coefficient (Wildman–Crippen LogP) is 3.80. The largest absolute Gasteiger partial charge is 0.494 e. The van der Waals surface area contributed by atoms with E-state index in [0.717, 1.165) is 25.1 Å². The molecule has 0 heterocycles. The Balaban J connectivity index is 1.52. The number of nitrogens with one attached hydrogen (secondary N) is 1. The lowest BCUT2D eigenvalue weighted by Gasteiger charge is -2.19. The number of carbonyl (C=O) groups excluding carboxylic acids is 1. The topological polar surface area (TPSA) is 41.6 Å². The van der Waals surface area contributed by atoms with Crippen molar-refractivity contribution in [2.75, 3.05) is 31.6 Å². The van der Waals surface area contributed by atoms with Gasteiger partial charge in [-0.15, -0.1) is 0 Å². The van der Waals surface area contributed by atoms with Crippen LogP contribution < -0.4 is 15.0 Å². The van der Waals surface area contributed by atoms with Crippen molar-refractivity contribution in [2.45, 2.75) is 26.2 Å². The first-order valence-corrected chi connectivity index (χ1v) is 8.87. The van der Waals surface area contributed by atoms with Crippen molar-refractivity contribution in [3.8, 4) is 5.75 Å². The first-order valence-electron chi connectivity index (χ1n) is 8.87. The second kappa shape index (κ2) is 10.4. The number of benzene rings is 2. The van der Waals surface area contributed by atoms with Gasteiger partial charge in [-0.1, -0.05) is 30.3 Å². The lowest BCUT2D eigenvalue weighted by molar-refractivity contribution is -0.121. The first kappa shape index (κ1) is 18.8. The quantitative estimate of drug-likeness (QED) is 0.669. The smallest absolute Gasteiger partial charge is 0.220 e. The van der Waals surface area contributed by atoms with Gasteiger partial charge in [-0.3, -0.25) is 4.79 Å². The summed E-state index contributed by atoms with van der Waals surface area (Å²) in [6, 6.07) is 18.2. The van der Waals surface area contributed by atoms with Gasteiger partial charge in [0.05, 0.1) is 6.61 Å². The Labute approximate surface area is 150 Å². The molecule has 2 aromatic carbocycles. The maximum absolute atomic E-state index is 11.8. The normalized spacial score (nSPS) is 10.3. The molecule has 25 heavy (non-hydrogen) atoms. The number of hydrogen-bond acceptors (Lipinski definition) is 3. The number of para-hydroxylation sites is 1. The monoisotopic (exact) mass is 340 g/mol. The first-order chi connectivity index (χ1) is 12.1. The highest BCUT2D eigenvalue weighted by molar-refractivity contribution is 5.75. The Morgan fingerprint density at radius 3 is 2.64 bits per heavy atom. The van der Waals surface area contributed by atoms with E-state index >= 15 is 0 Å². The van der Waals surface area contributed by atoms with Crippen LogP contribution in [-0.4, -0.2) is 32.7 Å². The summed E-state index contributed by atoms with van der Waals surface area (Å²) in [6.45, 7) is 4.22. The van der Waals surface area contributed by atoms with E-state index in [0.29, 0.717) is 19.6 Å². The molecule has 134 valence electrons. The number of carbonyl (C=O) groups is 1. The van der Waals surface area contributed by atoms with E-state index in [4.69, 9.17) is 4.74 Å². The molecule has 0 aliphatic carbocycles. The fourth-order valence-corrected chi connectivity index (χ4v) is 2.57. The summed E-state index contributed by atoms with van der Waals surface area (Å²) >= 11 is 0. The second-order valence-electron chi connectivity index (χ2n) is 6.23. The molecule has 2 rings (SSSR count). The molecule has 0 atom stereocenters. The SMILES string of the molecule is Cc1cccc(OCCCC(=O)NCCCN(C)c2ccccc2)c1. The number of aryl methyl sites for hydroxylation is 1. The van der Waals surface area contributed by atoms with E-state index in [9.17, 15) is 4.79 Å². The fourth-order valence-electron chi connectivity index (χ4n) is 2.57. The Bertz CT molecular complexity index is 643. The summed E-state index contributed by atoms with van der Waals surface area (Å²) in [4.78, 5) is 14.0. The highest BCUT2D eigenvalue weighted by atomic mass is 16.5. The molecule has 1 N–H and O–H groups in total. The van der Waals surface area contributed by atoms with Gasteiger partial charge in [0.15, 0.2) is 0 Å². The van der Waals surface area contributed by atoms with Gasteiger partial charge in [0.25, 0.3) is 0 Å². The molecule has 4 heteroatoms. The molecule has 2 aromatic rings. The van der Waals surface area contributed by atoms with Crippen LogP contribution in [0.2, 0.25) is 0 Å². The molecular weight excluding hydrogens is 312 g/mol. The molecule has 0 saturated carbocycles. The molecule has 4 nitrogen and oxygen atoms in total. The maximum atomic E-state index is 11.8. The van der Waals surface area contributed by atoms with Crippen LogP contribution in [0.5, 0.6) is 5.75 Å². The molecule has 1 amide bonds. The summed E-state index contributed by atoms with van der Waals surface area (Å²) in [5.74, 6) is 0.958. The molecule has 0 unspecified atom stereocenters. The molecule has 0 bridgehead atoms. The minimum Gasteiger partial charge on any atom is -0.494 e. The van der Waals surface area contributed by atoms with Gasteiger partial charge in [0.1, 0.15) is 5.75 Å². The summed E-state index contributed by atoms with van der Waals surface area (Å²) in [6.07, 6.45) is 2.15. The molecule has 0 saturated heterocycles. The fraction of sp³-hybridized carbons (Fsp3) is 0.381. The second-order valence-corrected chi connectivity index (χ2v) is 6.23. The van der Waals surface area contributed by atoms with Crippen molar-refractivity contribution in [2.24, 2.45) is 0 Å². The van der Waals surface area contributed by atoms with Crippen molar-refractivity contribution in [1.82, 2.24) is 5.32 Å². The Kier molecular flexibility index (Phi) is 7.83. The third kappa shape index (κ3) is 7.29. The van der Waals surface area contributed by atoms with E-state index in [-0.39, 0.29) is 5.91 Å². The molecule has 0 radical (unpaired) electrons. The Morgan fingerprint density at radius 2 is 1.88 bits per heavy atom. The van der Waals surface area contributed by atoms with Gasteiger partial charge in [-0.25, -0.2) is 0 Å².